The summed E-state index contributed by atoms with van der Waals surface area (Å²) in [6.07, 6.45) is 0.815. The van der Waals surface area contributed by atoms with E-state index in [4.69, 9.17) is 5.11 Å². The van der Waals surface area contributed by atoms with Gasteiger partial charge in [-0.05, 0) is 26.3 Å². The third-order valence-corrected chi connectivity index (χ3v) is 3.91. The van der Waals surface area contributed by atoms with E-state index in [1.165, 1.54) is 6.07 Å². The van der Waals surface area contributed by atoms with Gasteiger partial charge in [-0.3, -0.25) is 4.79 Å². The number of rotatable bonds is 3. The zero-order valence-electron chi connectivity index (χ0n) is 11.4. The number of aliphatic hydroxyl groups is 1. The molecule has 1 saturated heterocycles. The van der Waals surface area contributed by atoms with E-state index in [0.717, 1.165) is 6.42 Å². The highest BCUT2D eigenvalue weighted by atomic mass is 19.1. The van der Waals surface area contributed by atoms with Gasteiger partial charge in [0.1, 0.15) is 5.82 Å². The number of halogens is 1. The summed E-state index contributed by atoms with van der Waals surface area (Å²) < 4.78 is 13.9. The quantitative estimate of drug-likeness (QED) is 0.907. The molecular formula is C15H20FNO2. The Balaban J connectivity index is 2.20. The minimum Gasteiger partial charge on any atom is -0.396 e. The molecule has 1 atom stereocenters. The molecular weight excluding hydrogens is 245 g/mol. The molecule has 0 bridgehead atoms. The molecule has 1 N–H and O–H groups in total. The Morgan fingerprint density at radius 3 is 2.74 bits per heavy atom. The predicted molar refractivity (Wildman–Crippen MR) is 71.2 cm³/mol. The molecule has 4 heteroatoms. The number of benzene rings is 1. The van der Waals surface area contributed by atoms with Crippen molar-refractivity contribution in [3.05, 3.63) is 35.6 Å². The van der Waals surface area contributed by atoms with E-state index in [2.05, 4.69) is 0 Å². The van der Waals surface area contributed by atoms with Crippen LogP contribution in [-0.2, 0) is 10.2 Å². The number of carbonyl (C=O) groups excluding carboxylic acids is 1. The van der Waals surface area contributed by atoms with Gasteiger partial charge in [0.2, 0.25) is 5.91 Å². The molecule has 104 valence electrons. The first-order valence-electron chi connectivity index (χ1n) is 6.62. The Kier molecular flexibility index (Phi) is 3.90. The summed E-state index contributed by atoms with van der Waals surface area (Å²) in [6.45, 7) is 4.80. The predicted octanol–water partition coefficient (Wildman–Crippen LogP) is 1.94. The smallest absolute Gasteiger partial charge is 0.232 e. The van der Waals surface area contributed by atoms with E-state index in [1.807, 2.05) is 0 Å². The van der Waals surface area contributed by atoms with Crippen LogP contribution in [0.3, 0.4) is 0 Å². The maximum absolute atomic E-state index is 13.9. The third-order valence-electron chi connectivity index (χ3n) is 3.91. The van der Waals surface area contributed by atoms with Gasteiger partial charge in [0.25, 0.3) is 0 Å². The lowest BCUT2D eigenvalue weighted by molar-refractivity contribution is -0.135. The Morgan fingerprint density at radius 1 is 1.47 bits per heavy atom. The van der Waals surface area contributed by atoms with Crippen molar-refractivity contribution in [1.82, 2.24) is 4.90 Å². The fourth-order valence-corrected chi connectivity index (χ4v) is 2.64. The van der Waals surface area contributed by atoms with Gasteiger partial charge in [0, 0.05) is 31.2 Å². The van der Waals surface area contributed by atoms with Gasteiger partial charge in [-0.1, -0.05) is 18.2 Å². The van der Waals surface area contributed by atoms with Crippen molar-refractivity contribution >= 4 is 5.91 Å². The standard InChI is InChI=1S/C15H20FNO2/c1-15(2,12-5-3-4-6-13(12)16)14(19)17-8-7-11(9-17)10-18/h3-6,11,18H,7-10H2,1-2H3. The number of hydrogen-bond donors (Lipinski definition) is 1. The lowest BCUT2D eigenvalue weighted by Gasteiger charge is -2.30. The second-order valence-electron chi connectivity index (χ2n) is 5.69. The van der Waals surface area contributed by atoms with E-state index in [1.54, 1.807) is 36.9 Å². The zero-order chi connectivity index (χ0) is 14.0. The number of aliphatic hydroxyl groups excluding tert-OH is 1. The van der Waals surface area contributed by atoms with E-state index >= 15 is 0 Å². The van der Waals surface area contributed by atoms with Crippen molar-refractivity contribution in [3.8, 4) is 0 Å². The van der Waals surface area contributed by atoms with Crippen molar-refractivity contribution in [2.24, 2.45) is 5.92 Å². The monoisotopic (exact) mass is 265 g/mol. The van der Waals surface area contributed by atoms with Gasteiger partial charge in [-0.2, -0.15) is 0 Å². The molecule has 1 heterocycles. The molecule has 1 aromatic carbocycles. The molecule has 1 aromatic rings. The SMILES string of the molecule is CC(C)(C(=O)N1CCC(CO)C1)c1ccccc1F. The van der Waals surface area contributed by atoms with Gasteiger partial charge >= 0.3 is 0 Å². The van der Waals surface area contributed by atoms with Crippen LogP contribution in [0.15, 0.2) is 24.3 Å². The van der Waals surface area contributed by atoms with Gasteiger partial charge < -0.3 is 10.0 Å². The number of hydrogen-bond acceptors (Lipinski definition) is 2. The summed E-state index contributed by atoms with van der Waals surface area (Å²) >= 11 is 0. The van der Waals surface area contributed by atoms with Crippen LogP contribution in [0.25, 0.3) is 0 Å². The van der Waals surface area contributed by atoms with Crippen molar-refractivity contribution in [2.45, 2.75) is 25.7 Å². The van der Waals surface area contributed by atoms with Gasteiger partial charge in [0.15, 0.2) is 0 Å². The first-order valence-corrected chi connectivity index (χ1v) is 6.62. The number of nitrogens with zero attached hydrogens (tertiary/aromatic N) is 1. The van der Waals surface area contributed by atoms with Crippen molar-refractivity contribution < 1.29 is 14.3 Å². The lowest BCUT2D eigenvalue weighted by Crippen LogP contribution is -2.43. The first kappa shape index (κ1) is 14.0. The molecule has 19 heavy (non-hydrogen) atoms. The molecule has 1 fully saturated rings. The highest BCUT2D eigenvalue weighted by Gasteiger charge is 2.38. The second-order valence-corrected chi connectivity index (χ2v) is 5.69. The number of carbonyl (C=O) groups is 1. The van der Waals surface area contributed by atoms with Gasteiger partial charge in [-0.15, -0.1) is 0 Å². The molecule has 1 aliphatic heterocycles. The number of likely N-dealkylation sites (tertiary alicyclic amines) is 1. The molecule has 1 unspecified atom stereocenters. The summed E-state index contributed by atoms with van der Waals surface area (Å²) in [4.78, 5) is 14.3. The third kappa shape index (κ3) is 2.63. The Labute approximate surface area is 113 Å². The Hall–Kier alpha value is -1.42. The van der Waals surface area contributed by atoms with Crippen molar-refractivity contribution in [2.75, 3.05) is 19.7 Å². The molecule has 1 amide bonds. The van der Waals surface area contributed by atoms with E-state index in [0.29, 0.717) is 18.7 Å². The van der Waals surface area contributed by atoms with Gasteiger partial charge in [0.05, 0.1) is 5.41 Å². The molecule has 3 nitrogen and oxygen atoms in total. The highest BCUT2D eigenvalue weighted by Crippen LogP contribution is 2.30. The van der Waals surface area contributed by atoms with E-state index in [9.17, 15) is 9.18 Å². The number of amides is 1. The minimum absolute atomic E-state index is 0.0754. The average Bonchev–Trinajstić information content (AvgIpc) is 2.86. The van der Waals surface area contributed by atoms with Crippen LogP contribution in [0.4, 0.5) is 4.39 Å². The minimum atomic E-state index is -0.879. The van der Waals surface area contributed by atoms with Crippen molar-refractivity contribution in [1.29, 1.82) is 0 Å². The van der Waals surface area contributed by atoms with Crippen molar-refractivity contribution in [3.63, 3.8) is 0 Å². The van der Waals surface area contributed by atoms with Crippen LogP contribution in [-0.4, -0.2) is 35.6 Å². The Morgan fingerprint density at radius 2 is 2.16 bits per heavy atom. The fourth-order valence-electron chi connectivity index (χ4n) is 2.64. The molecule has 0 radical (unpaired) electrons. The molecule has 0 spiro atoms. The summed E-state index contributed by atoms with van der Waals surface area (Å²) in [5.74, 6) is -0.271. The molecule has 0 saturated carbocycles. The van der Waals surface area contributed by atoms with E-state index in [-0.39, 0.29) is 24.2 Å². The molecule has 0 aliphatic carbocycles. The first-order chi connectivity index (χ1) is 8.96. The molecule has 2 rings (SSSR count). The maximum Gasteiger partial charge on any atom is 0.232 e. The Bertz CT molecular complexity index is 473. The van der Waals surface area contributed by atoms with Crippen LogP contribution in [0.1, 0.15) is 25.8 Å². The maximum atomic E-state index is 13.9. The normalized spacial score (nSPS) is 19.8. The van der Waals surface area contributed by atoms with E-state index < -0.39 is 5.41 Å². The summed E-state index contributed by atoms with van der Waals surface area (Å²) in [5, 5.41) is 9.13. The average molecular weight is 265 g/mol. The van der Waals surface area contributed by atoms with Crippen LogP contribution in [0.2, 0.25) is 0 Å². The largest absolute Gasteiger partial charge is 0.396 e. The van der Waals surface area contributed by atoms with Crippen LogP contribution < -0.4 is 0 Å². The fraction of sp³-hybridized carbons (Fsp3) is 0.533. The summed E-state index contributed by atoms with van der Waals surface area (Å²) in [6, 6.07) is 6.41. The summed E-state index contributed by atoms with van der Waals surface area (Å²) in [5.41, 5.74) is -0.456. The van der Waals surface area contributed by atoms with Crippen LogP contribution in [0, 0.1) is 11.7 Å². The lowest BCUT2D eigenvalue weighted by atomic mass is 9.83. The zero-order valence-corrected chi connectivity index (χ0v) is 11.4. The second kappa shape index (κ2) is 5.29. The molecule has 1 aliphatic rings. The molecule has 0 aromatic heterocycles. The summed E-state index contributed by atoms with van der Waals surface area (Å²) in [7, 11) is 0. The highest BCUT2D eigenvalue weighted by molar-refractivity contribution is 5.87. The van der Waals surface area contributed by atoms with Crippen LogP contribution >= 0.6 is 0 Å². The topological polar surface area (TPSA) is 40.5 Å². The van der Waals surface area contributed by atoms with Crippen LogP contribution in [0.5, 0.6) is 0 Å². The van der Waals surface area contributed by atoms with Gasteiger partial charge in [-0.25, -0.2) is 4.39 Å².